The summed E-state index contributed by atoms with van der Waals surface area (Å²) in [4.78, 5) is 12.4. The van der Waals surface area contributed by atoms with Crippen LogP contribution >= 0.6 is 23.4 Å². The summed E-state index contributed by atoms with van der Waals surface area (Å²) in [6.45, 7) is 2.47. The van der Waals surface area contributed by atoms with Crippen LogP contribution in [-0.4, -0.2) is 31.6 Å². The van der Waals surface area contributed by atoms with Gasteiger partial charge in [-0.3, -0.25) is 4.79 Å². The van der Waals surface area contributed by atoms with Gasteiger partial charge in [0.1, 0.15) is 5.82 Å². The van der Waals surface area contributed by atoms with E-state index >= 15 is 0 Å². The lowest BCUT2D eigenvalue weighted by molar-refractivity contribution is -0.113. The van der Waals surface area contributed by atoms with E-state index < -0.39 is 0 Å². The number of hydrogen-bond acceptors (Lipinski definition) is 6. The average molecular weight is 440 g/mol. The number of benzene rings is 2. The van der Waals surface area contributed by atoms with Gasteiger partial charge in [-0.05, 0) is 36.8 Å². The summed E-state index contributed by atoms with van der Waals surface area (Å²) in [6, 6.07) is 18.9. The first-order chi connectivity index (χ1) is 14.6. The minimum atomic E-state index is -0.180. The first kappa shape index (κ1) is 20.2. The molecule has 0 atom stereocenters. The number of carbonyl (C=O) groups is 1. The number of rotatable bonds is 7. The van der Waals surface area contributed by atoms with Crippen molar-refractivity contribution in [1.82, 2.24) is 20.0 Å². The summed E-state index contributed by atoms with van der Waals surface area (Å²) in [5, 5.41) is 16.3. The van der Waals surface area contributed by atoms with Crippen molar-refractivity contribution in [2.75, 3.05) is 11.1 Å². The first-order valence-electron chi connectivity index (χ1n) is 9.17. The van der Waals surface area contributed by atoms with Crippen molar-refractivity contribution in [1.29, 1.82) is 0 Å². The molecule has 0 unspecified atom stereocenters. The van der Waals surface area contributed by atoms with Crippen LogP contribution in [0.5, 0.6) is 0 Å². The smallest absolute Gasteiger partial charge is 0.277 e. The molecule has 0 aliphatic heterocycles. The second kappa shape index (κ2) is 9.15. The van der Waals surface area contributed by atoms with Crippen molar-refractivity contribution < 1.29 is 9.21 Å². The zero-order valence-electron chi connectivity index (χ0n) is 16.1. The zero-order chi connectivity index (χ0) is 20.9. The number of aromatic nitrogens is 4. The Hall–Kier alpha value is -3.10. The van der Waals surface area contributed by atoms with Crippen LogP contribution in [0.1, 0.15) is 11.3 Å². The third-order valence-corrected chi connectivity index (χ3v) is 5.24. The highest BCUT2D eigenvalue weighted by Gasteiger charge is 2.14. The minimum Gasteiger partial charge on any atom is -0.411 e. The Kier molecular flexibility index (Phi) is 6.15. The van der Waals surface area contributed by atoms with Crippen LogP contribution in [-0.2, 0) is 11.3 Å². The predicted molar refractivity (Wildman–Crippen MR) is 117 cm³/mol. The molecule has 0 aliphatic carbocycles. The molecule has 2 aromatic carbocycles. The molecule has 0 fully saturated rings. The molecule has 152 valence electrons. The van der Waals surface area contributed by atoms with Crippen LogP contribution in [0.15, 0.2) is 70.3 Å². The summed E-state index contributed by atoms with van der Waals surface area (Å²) in [6.07, 6.45) is 0. The Bertz CT molecular complexity index is 1140. The second-order valence-corrected chi connectivity index (χ2v) is 7.89. The van der Waals surface area contributed by atoms with Gasteiger partial charge in [0.25, 0.3) is 5.22 Å². The molecule has 2 aromatic heterocycles. The summed E-state index contributed by atoms with van der Waals surface area (Å²) < 4.78 is 7.39. The molecule has 30 heavy (non-hydrogen) atoms. The van der Waals surface area contributed by atoms with Gasteiger partial charge in [0, 0.05) is 16.7 Å². The zero-order valence-corrected chi connectivity index (χ0v) is 17.7. The molecular weight excluding hydrogens is 422 g/mol. The maximum absolute atomic E-state index is 12.4. The Morgan fingerprint density at radius 2 is 1.90 bits per heavy atom. The molecule has 0 radical (unpaired) electrons. The van der Waals surface area contributed by atoms with Crippen LogP contribution in [0, 0.1) is 6.92 Å². The van der Waals surface area contributed by atoms with Crippen LogP contribution in [0.2, 0.25) is 5.02 Å². The van der Waals surface area contributed by atoms with Crippen LogP contribution in [0.3, 0.4) is 0 Å². The molecule has 0 spiro atoms. The molecule has 2 heterocycles. The fourth-order valence-electron chi connectivity index (χ4n) is 2.81. The molecule has 0 aliphatic rings. The number of nitrogens with one attached hydrogen (secondary N) is 1. The van der Waals surface area contributed by atoms with E-state index in [1.165, 1.54) is 11.8 Å². The van der Waals surface area contributed by atoms with E-state index in [2.05, 4.69) is 20.6 Å². The van der Waals surface area contributed by atoms with E-state index in [1.807, 2.05) is 43.3 Å². The number of hydrogen-bond donors (Lipinski definition) is 1. The van der Waals surface area contributed by atoms with E-state index in [-0.39, 0.29) is 11.7 Å². The number of halogens is 1. The van der Waals surface area contributed by atoms with Crippen molar-refractivity contribution in [2.24, 2.45) is 0 Å². The third-order valence-electron chi connectivity index (χ3n) is 4.17. The largest absolute Gasteiger partial charge is 0.411 e. The number of carbonyl (C=O) groups excluding carboxylic acids is 1. The van der Waals surface area contributed by atoms with Crippen LogP contribution in [0.4, 0.5) is 5.82 Å². The molecule has 9 heteroatoms. The molecule has 0 bridgehead atoms. The number of amides is 1. The highest BCUT2D eigenvalue weighted by Crippen LogP contribution is 2.24. The molecule has 4 rings (SSSR count). The normalized spacial score (nSPS) is 10.9. The second-order valence-electron chi connectivity index (χ2n) is 6.53. The van der Waals surface area contributed by atoms with Crippen molar-refractivity contribution in [2.45, 2.75) is 18.7 Å². The van der Waals surface area contributed by atoms with Crippen molar-refractivity contribution in [3.05, 3.63) is 76.9 Å². The van der Waals surface area contributed by atoms with Gasteiger partial charge in [-0.25, -0.2) is 4.68 Å². The monoisotopic (exact) mass is 439 g/mol. The number of nitrogens with zero attached hydrogens (tertiary/aromatic N) is 4. The Morgan fingerprint density at radius 3 is 2.67 bits per heavy atom. The van der Waals surface area contributed by atoms with E-state index in [9.17, 15) is 4.79 Å². The average Bonchev–Trinajstić information content (AvgIpc) is 3.34. The van der Waals surface area contributed by atoms with Crippen molar-refractivity contribution in [3.8, 4) is 11.5 Å². The van der Waals surface area contributed by atoms with E-state index in [0.29, 0.717) is 28.5 Å². The van der Waals surface area contributed by atoms with Gasteiger partial charge in [-0.15, -0.1) is 10.2 Å². The molecular formula is C21H18ClN5O2S. The Balaban J connectivity index is 1.36. The SMILES string of the molecule is Cc1cc(NC(=O)CSc2nnc(-c3ccc(Cl)cc3)o2)n(Cc2ccccc2)n1. The first-order valence-corrected chi connectivity index (χ1v) is 10.5. The van der Waals surface area contributed by atoms with Gasteiger partial charge in [-0.2, -0.15) is 5.10 Å². The predicted octanol–water partition coefficient (Wildman–Crippen LogP) is 4.67. The molecule has 7 nitrogen and oxygen atoms in total. The Morgan fingerprint density at radius 1 is 1.13 bits per heavy atom. The quantitative estimate of drug-likeness (QED) is 0.421. The number of anilines is 1. The maximum Gasteiger partial charge on any atom is 0.277 e. The number of thioether (sulfide) groups is 1. The standard InChI is InChI=1S/C21H18ClN5O2S/c1-14-11-18(27(26-14)12-15-5-3-2-4-6-15)23-19(28)13-30-21-25-24-20(29-21)16-7-9-17(22)10-8-16/h2-11H,12-13H2,1H3,(H,23,28). The minimum absolute atomic E-state index is 0.137. The summed E-state index contributed by atoms with van der Waals surface area (Å²) in [5.41, 5.74) is 2.70. The van der Waals surface area contributed by atoms with Gasteiger partial charge >= 0.3 is 0 Å². The fraction of sp³-hybridized carbons (Fsp3) is 0.143. The summed E-state index contributed by atoms with van der Waals surface area (Å²) in [7, 11) is 0. The lowest BCUT2D eigenvalue weighted by Crippen LogP contribution is -2.17. The van der Waals surface area contributed by atoms with Crippen LogP contribution < -0.4 is 5.32 Å². The van der Waals surface area contributed by atoms with E-state index in [4.69, 9.17) is 16.0 Å². The molecule has 0 saturated carbocycles. The van der Waals surface area contributed by atoms with Crippen molar-refractivity contribution >= 4 is 35.1 Å². The Labute approximate surface area is 182 Å². The lowest BCUT2D eigenvalue weighted by Gasteiger charge is -2.08. The van der Waals surface area contributed by atoms with Gasteiger partial charge in [0.15, 0.2) is 0 Å². The van der Waals surface area contributed by atoms with Gasteiger partial charge in [0.2, 0.25) is 11.8 Å². The molecule has 0 saturated heterocycles. The topological polar surface area (TPSA) is 85.8 Å². The third kappa shape index (κ3) is 5.08. The molecule has 4 aromatic rings. The molecule has 1 amide bonds. The van der Waals surface area contributed by atoms with Gasteiger partial charge in [0.05, 0.1) is 18.0 Å². The highest BCUT2D eigenvalue weighted by molar-refractivity contribution is 7.99. The van der Waals surface area contributed by atoms with Crippen molar-refractivity contribution in [3.63, 3.8) is 0 Å². The van der Waals surface area contributed by atoms with E-state index in [0.717, 1.165) is 16.8 Å². The van der Waals surface area contributed by atoms with Gasteiger partial charge < -0.3 is 9.73 Å². The number of aryl methyl sites for hydroxylation is 1. The lowest BCUT2D eigenvalue weighted by atomic mass is 10.2. The molecule has 1 N–H and O–H groups in total. The summed E-state index contributed by atoms with van der Waals surface area (Å²) >= 11 is 7.07. The van der Waals surface area contributed by atoms with Gasteiger partial charge in [-0.1, -0.05) is 53.7 Å². The van der Waals surface area contributed by atoms with E-state index in [1.54, 1.807) is 28.9 Å². The fourth-order valence-corrected chi connectivity index (χ4v) is 3.50. The summed E-state index contributed by atoms with van der Waals surface area (Å²) in [5.74, 6) is 0.985. The highest BCUT2D eigenvalue weighted by atomic mass is 35.5. The van der Waals surface area contributed by atoms with Crippen LogP contribution in [0.25, 0.3) is 11.5 Å². The maximum atomic E-state index is 12.4.